The fourth-order valence-corrected chi connectivity index (χ4v) is 1.54. The lowest BCUT2D eigenvalue weighted by atomic mass is 10.3. The maximum absolute atomic E-state index is 13.4. The van der Waals surface area contributed by atoms with Crippen LogP contribution in [0, 0.1) is 11.6 Å². The molecule has 0 saturated carbocycles. The molecule has 2 rings (SSSR count). The second-order valence-corrected chi connectivity index (χ2v) is 3.45. The standard InChI is InChI=1S/C8H6F2N4S/c1-15-8-11-12-13-14(8)7-3-2-5(9)4-6(7)10/h2-4H,1H3. The second kappa shape index (κ2) is 3.93. The maximum atomic E-state index is 13.4. The van der Waals surface area contributed by atoms with Crippen molar-refractivity contribution < 1.29 is 8.78 Å². The van der Waals surface area contributed by atoms with Gasteiger partial charge in [0.15, 0.2) is 5.82 Å². The summed E-state index contributed by atoms with van der Waals surface area (Å²) in [5.74, 6) is -1.33. The highest BCUT2D eigenvalue weighted by molar-refractivity contribution is 7.98. The number of hydrogen-bond acceptors (Lipinski definition) is 4. The van der Waals surface area contributed by atoms with Crippen molar-refractivity contribution in [2.45, 2.75) is 5.16 Å². The first kappa shape index (κ1) is 10.0. The van der Waals surface area contributed by atoms with E-state index >= 15 is 0 Å². The smallest absolute Gasteiger partial charge is 0.207 e. The van der Waals surface area contributed by atoms with Crippen molar-refractivity contribution in [1.82, 2.24) is 20.2 Å². The van der Waals surface area contributed by atoms with Crippen molar-refractivity contribution in [2.24, 2.45) is 0 Å². The molecule has 2 aromatic rings. The number of thioether (sulfide) groups is 1. The summed E-state index contributed by atoms with van der Waals surface area (Å²) >= 11 is 1.28. The monoisotopic (exact) mass is 228 g/mol. The van der Waals surface area contributed by atoms with Crippen molar-refractivity contribution in [3.63, 3.8) is 0 Å². The molecule has 0 atom stereocenters. The highest BCUT2D eigenvalue weighted by atomic mass is 32.2. The van der Waals surface area contributed by atoms with Crippen LogP contribution in [0.3, 0.4) is 0 Å². The average molecular weight is 228 g/mol. The molecular weight excluding hydrogens is 222 g/mol. The third-order valence-electron chi connectivity index (χ3n) is 1.76. The molecule has 0 aliphatic heterocycles. The SMILES string of the molecule is CSc1nnnn1-c1ccc(F)cc1F. The van der Waals surface area contributed by atoms with E-state index in [0.717, 1.165) is 12.1 Å². The lowest BCUT2D eigenvalue weighted by Gasteiger charge is -2.03. The molecule has 0 saturated heterocycles. The van der Waals surface area contributed by atoms with E-state index in [1.54, 1.807) is 6.26 Å². The molecular formula is C8H6F2N4S. The van der Waals surface area contributed by atoms with E-state index in [9.17, 15) is 8.78 Å². The van der Waals surface area contributed by atoms with Crippen LogP contribution in [0.25, 0.3) is 5.69 Å². The van der Waals surface area contributed by atoms with Crippen molar-refractivity contribution in [2.75, 3.05) is 6.26 Å². The van der Waals surface area contributed by atoms with Gasteiger partial charge in [0, 0.05) is 6.07 Å². The molecule has 0 N–H and O–H groups in total. The summed E-state index contributed by atoms with van der Waals surface area (Å²) in [7, 11) is 0. The van der Waals surface area contributed by atoms with Gasteiger partial charge in [-0.05, 0) is 28.8 Å². The van der Waals surface area contributed by atoms with Gasteiger partial charge in [0.25, 0.3) is 0 Å². The van der Waals surface area contributed by atoms with Crippen LogP contribution in [0.1, 0.15) is 0 Å². The van der Waals surface area contributed by atoms with Crippen LogP contribution < -0.4 is 0 Å². The molecule has 78 valence electrons. The Kier molecular flexibility index (Phi) is 2.63. The molecule has 0 fully saturated rings. The Balaban J connectivity index is 2.54. The molecule has 1 heterocycles. The van der Waals surface area contributed by atoms with Crippen LogP contribution >= 0.6 is 11.8 Å². The van der Waals surface area contributed by atoms with Gasteiger partial charge in [-0.3, -0.25) is 0 Å². The first-order valence-corrected chi connectivity index (χ1v) is 5.22. The zero-order valence-electron chi connectivity index (χ0n) is 7.69. The minimum atomic E-state index is -0.697. The molecule has 1 aromatic heterocycles. The van der Waals surface area contributed by atoms with Crippen LogP contribution in [0.15, 0.2) is 23.4 Å². The third kappa shape index (κ3) is 1.82. The van der Waals surface area contributed by atoms with E-state index in [1.165, 1.54) is 22.5 Å². The minimum Gasteiger partial charge on any atom is -0.207 e. The van der Waals surface area contributed by atoms with Gasteiger partial charge in [0.2, 0.25) is 5.16 Å². The molecule has 0 unspecified atom stereocenters. The van der Waals surface area contributed by atoms with Gasteiger partial charge < -0.3 is 0 Å². The quantitative estimate of drug-likeness (QED) is 0.733. The number of nitrogens with zero attached hydrogens (tertiary/aromatic N) is 4. The summed E-state index contributed by atoms with van der Waals surface area (Å²) < 4.78 is 27.3. The number of benzene rings is 1. The summed E-state index contributed by atoms with van der Waals surface area (Å²) in [6, 6.07) is 3.24. The van der Waals surface area contributed by atoms with E-state index in [2.05, 4.69) is 15.5 Å². The van der Waals surface area contributed by atoms with Gasteiger partial charge in [0.05, 0.1) is 0 Å². The zero-order chi connectivity index (χ0) is 10.8. The molecule has 7 heteroatoms. The molecule has 0 bridgehead atoms. The summed E-state index contributed by atoms with van der Waals surface area (Å²) in [6.07, 6.45) is 1.77. The molecule has 0 radical (unpaired) electrons. The van der Waals surface area contributed by atoms with E-state index in [1.807, 2.05) is 0 Å². The largest absolute Gasteiger partial charge is 0.213 e. The molecule has 0 spiro atoms. The Hall–Kier alpha value is -1.50. The summed E-state index contributed by atoms with van der Waals surface area (Å²) in [4.78, 5) is 0. The lowest BCUT2D eigenvalue weighted by molar-refractivity contribution is 0.567. The Bertz CT molecular complexity index is 485. The van der Waals surface area contributed by atoms with E-state index in [-0.39, 0.29) is 5.69 Å². The average Bonchev–Trinajstić information content (AvgIpc) is 2.65. The predicted molar refractivity (Wildman–Crippen MR) is 50.9 cm³/mol. The van der Waals surface area contributed by atoms with E-state index in [0.29, 0.717) is 5.16 Å². The topological polar surface area (TPSA) is 43.6 Å². The summed E-state index contributed by atoms with van der Waals surface area (Å²) in [5.41, 5.74) is 0.130. The van der Waals surface area contributed by atoms with Crippen LogP contribution in [-0.2, 0) is 0 Å². The van der Waals surface area contributed by atoms with E-state index < -0.39 is 11.6 Å². The molecule has 4 nitrogen and oxygen atoms in total. The minimum absolute atomic E-state index is 0.130. The first-order chi connectivity index (χ1) is 7.22. The van der Waals surface area contributed by atoms with Gasteiger partial charge >= 0.3 is 0 Å². The van der Waals surface area contributed by atoms with Gasteiger partial charge in [-0.15, -0.1) is 5.10 Å². The Morgan fingerprint density at radius 3 is 2.80 bits per heavy atom. The number of aromatic nitrogens is 4. The first-order valence-electron chi connectivity index (χ1n) is 4.00. The van der Waals surface area contributed by atoms with Crippen molar-refractivity contribution in [3.05, 3.63) is 29.8 Å². The highest BCUT2D eigenvalue weighted by Crippen LogP contribution is 2.18. The molecule has 1 aromatic carbocycles. The lowest BCUT2D eigenvalue weighted by Crippen LogP contribution is -2.02. The van der Waals surface area contributed by atoms with E-state index in [4.69, 9.17) is 0 Å². The van der Waals surface area contributed by atoms with Crippen molar-refractivity contribution >= 4 is 11.8 Å². The number of tetrazole rings is 1. The molecule has 0 amide bonds. The Labute approximate surface area is 88.3 Å². The van der Waals surface area contributed by atoms with Crippen LogP contribution in [-0.4, -0.2) is 26.5 Å². The molecule has 0 aliphatic carbocycles. The Morgan fingerprint density at radius 2 is 2.13 bits per heavy atom. The number of rotatable bonds is 2. The van der Waals surface area contributed by atoms with Gasteiger partial charge in [-0.1, -0.05) is 11.8 Å². The Morgan fingerprint density at radius 1 is 1.33 bits per heavy atom. The van der Waals surface area contributed by atoms with Crippen LogP contribution in [0.5, 0.6) is 0 Å². The third-order valence-corrected chi connectivity index (χ3v) is 2.38. The summed E-state index contributed by atoms with van der Waals surface area (Å²) in [5, 5.41) is 11.2. The maximum Gasteiger partial charge on any atom is 0.213 e. The summed E-state index contributed by atoms with van der Waals surface area (Å²) in [6.45, 7) is 0. The number of halogens is 2. The van der Waals surface area contributed by atoms with Crippen LogP contribution in [0.4, 0.5) is 8.78 Å². The van der Waals surface area contributed by atoms with Crippen LogP contribution in [0.2, 0.25) is 0 Å². The van der Waals surface area contributed by atoms with Gasteiger partial charge in [0.1, 0.15) is 11.5 Å². The van der Waals surface area contributed by atoms with Gasteiger partial charge in [-0.2, -0.15) is 4.68 Å². The van der Waals surface area contributed by atoms with Crippen molar-refractivity contribution in [1.29, 1.82) is 0 Å². The zero-order valence-corrected chi connectivity index (χ0v) is 8.50. The fourth-order valence-electron chi connectivity index (χ4n) is 1.11. The molecule has 15 heavy (non-hydrogen) atoms. The number of hydrogen-bond donors (Lipinski definition) is 0. The second-order valence-electron chi connectivity index (χ2n) is 2.67. The fraction of sp³-hybridized carbons (Fsp3) is 0.125. The predicted octanol–water partition coefficient (Wildman–Crippen LogP) is 1.66. The van der Waals surface area contributed by atoms with Gasteiger partial charge in [-0.25, -0.2) is 8.78 Å². The highest BCUT2D eigenvalue weighted by Gasteiger charge is 2.11. The molecule has 0 aliphatic rings. The van der Waals surface area contributed by atoms with Crippen molar-refractivity contribution in [3.8, 4) is 5.69 Å². The normalized spacial score (nSPS) is 10.6.